The Bertz CT molecular complexity index is 1400. The number of ether oxygens (including phenoxy) is 1. The van der Waals surface area contributed by atoms with Crippen LogP contribution in [0.25, 0.3) is 17.2 Å². The topological polar surface area (TPSA) is 78.9 Å². The maximum Gasteiger partial charge on any atom is 0.429 e. The van der Waals surface area contributed by atoms with E-state index in [9.17, 15) is 14.0 Å². The van der Waals surface area contributed by atoms with Crippen molar-refractivity contribution in [2.75, 3.05) is 11.6 Å². The number of halogens is 2. The van der Waals surface area contributed by atoms with E-state index in [0.717, 1.165) is 45.0 Å². The average molecular weight is 521 g/mol. The molecule has 37 heavy (non-hydrogen) atoms. The number of hydrazine groups is 1. The first kappa shape index (κ1) is 26.1. The molecule has 0 saturated carbocycles. The molecule has 0 aromatic heterocycles. The molecule has 0 aliphatic carbocycles. The van der Waals surface area contributed by atoms with Gasteiger partial charge in [-0.3, -0.25) is 0 Å². The van der Waals surface area contributed by atoms with Crippen LogP contribution in [-0.4, -0.2) is 23.8 Å². The maximum atomic E-state index is 13.8. The van der Waals surface area contributed by atoms with Crippen LogP contribution in [0.15, 0.2) is 66.7 Å². The van der Waals surface area contributed by atoms with E-state index in [1.807, 2.05) is 49.4 Å². The van der Waals surface area contributed by atoms with Gasteiger partial charge in [0.05, 0.1) is 17.3 Å². The number of amides is 1. The number of carbonyl (C=O) groups excluding carboxylic acids is 1. The van der Waals surface area contributed by atoms with E-state index < -0.39 is 17.9 Å². The molecule has 0 saturated heterocycles. The highest BCUT2D eigenvalue weighted by molar-refractivity contribution is 6.32. The second-order valence-electron chi connectivity index (χ2n) is 8.34. The van der Waals surface area contributed by atoms with Gasteiger partial charge in [-0.05, 0) is 82.6 Å². The first-order chi connectivity index (χ1) is 17.8. The Morgan fingerprint density at radius 1 is 1.08 bits per heavy atom. The van der Waals surface area contributed by atoms with Crippen molar-refractivity contribution < 1.29 is 23.8 Å². The molecule has 2 N–H and O–H groups in total. The van der Waals surface area contributed by atoms with Gasteiger partial charge in [0, 0.05) is 12.6 Å². The number of carboxylic acids is 1. The van der Waals surface area contributed by atoms with Crippen LogP contribution >= 0.6 is 11.6 Å². The SMILES string of the molecule is CCOC(=O)N1NCc2cc(/C(=C(\CC)c3ccc(F)cc3Cl)c3ccc(/C=C/C(=O)O)cc3)ccc21. The van der Waals surface area contributed by atoms with E-state index in [0.29, 0.717) is 23.7 Å². The molecule has 3 aromatic carbocycles. The van der Waals surface area contributed by atoms with Crippen LogP contribution in [0.5, 0.6) is 0 Å². The number of nitrogens with zero attached hydrogens (tertiary/aromatic N) is 1. The molecule has 0 unspecified atom stereocenters. The summed E-state index contributed by atoms with van der Waals surface area (Å²) < 4.78 is 19.0. The van der Waals surface area contributed by atoms with Gasteiger partial charge < -0.3 is 9.84 Å². The zero-order chi connectivity index (χ0) is 26.5. The molecule has 4 rings (SSSR count). The van der Waals surface area contributed by atoms with Crippen molar-refractivity contribution in [1.82, 2.24) is 5.43 Å². The predicted octanol–water partition coefficient (Wildman–Crippen LogP) is 6.93. The number of rotatable bonds is 7. The summed E-state index contributed by atoms with van der Waals surface area (Å²) >= 11 is 6.49. The zero-order valence-corrected chi connectivity index (χ0v) is 21.2. The number of fused-ring (bicyclic) bond motifs is 1. The van der Waals surface area contributed by atoms with E-state index in [-0.39, 0.29) is 6.61 Å². The smallest absolute Gasteiger partial charge is 0.429 e. The van der Waals surface area contributed by atoms with Crippen LogP contribution in [0.2, 0.25) is 5.02 Å². The molecule has 0 fully saturated rings. The fraction of sp³-hybridized carbons (Fsp3) is 0.172. The zero-order valence-electron chi connectivity index (χ0n) is 20.4. The molecule has 0 bridgehead atoms. The third-order valence-electron chi connectivity index (χ3n) is 6.02. The first-order valence-electron chi connectivity index (χ1n) is 11.9. The van der Waals surface area contributed by atoms with Crippen molar-refractivity contribution in [3.05, 3.63) is 105 Å². The lowest BCUT2D eigenvalue weighted by Crippen LogP contribution is -2.38. The number of allylic oxidation sites excluding steroid dienone is 1. The Hall–Kier alpha value is -3.94. The van der Waals surface area contributed by atoms with Crippen LogP contribution in [0.1, 0.15) is 48.1 Å². The molecular formula is C29H26ClFN2O4. The van der Waals surface area contributed by atoms with Gasteiger partial charge in [-0.1, -0.05) is 54.9 Å². The Kier molecular flexibility index (Phi) is 8.06. The molecule has 1 aliphatic rings. The van der Waals surface area contributed by atoms with E-state index in [1.54, 1.807) is 13.0 Å². The Labute approximate surface area is 219 Å². The minimum absolute atomic E-state index is 0.271. The normalized spacial score (nSPS) is 13.5. The molecule has 6 nitrogen and oxygen atoms in total. The van der Waals surface area contributed by atoms with Crippen LogP contribution in [0.4, 0.5) is 14.9 Å². The molecule has 8 heteroatoms. The average Bonchev–Trinajstić information content (AvgIpc) is 3.30. The summed E-state index contributed by atoms with van der Waals surface area (Å²) in [5, 5.41) is 10.6. The molecule has 0 atom stereocenters. The summed E-state index contributed by atoms with van der Waals surface area (Å²) in [5.74, 6) is -1.43. The van der Waals surface area contributed by atoms with E-state index in [1.165, 1.54) is 23.2 Å². The highest BCUT2D eigenvalue weighted by Gasteiger charge is 2.26. The Balaban J connectivity index is 1.86. The molecule has 3 aromatic rings. The lowest BCUT2D eigenvalue weighted by atomic mass is 9.87. The number of hydrogen-bond acceptors (Lipinski definition) is 4. The number of hydrogen-bond donors (Lipinski definition) is 2. The van der Waals surface area contributed by atoms with Crippen molar-refractivity contribution in [2.24, 2.45) is 0 Å². The van der Waals surface area contributed by atoms with Gasteiger partial charge >= 0.3 is 12.1 Å². The van der Waals surface area contributed by atoms with Crippen molar-refractivity contribution in [1.29, 1.82) is 0 Å². The van der Waals surface area contributed by atoms with Gasteiger partial charge in [0.1, 0.15) is 5.82 Å². The van der Waals surface area contributed by atoms with Gasteiger partial charge in [-0.2, -0.15) is 0 Å². The number of benzene rings is 3. The van der Waals surface area contributed by atoms with Gasteiger partial charge in [-0.25, -0.2) is 24.4 Å². The van der Waals surface area contributed by atoms with Crippen molar-refractivity contribution in [3.63, 3.8) is 0 Å². The second kappa shape index (κ2) is 11.4. The summed E-state index contributed by atoms with van der Waals surface area (Å²) in [4.78, 5) is 23.2. The Morgan fingerprint density at radius 2 is 1.81 bits per heavy atom. The monoisotopic (exact) mass is 520 g/mol. The molecular weight excluding hydrogens is 495 g/mol. The number of carbonyl (C=O) groups is 2. The number of anilines is 1. The van der Waals surface area contributed by atoms with Gasteiger partial charge in [0.2, 0.25) is 0 Å². The minimum atomic E-state index is -1.02. The number of nitrogens with one attached hydrogen (secondary N) is 1. The largest absolute Gasteiger partial charge is 0.478 e. The molecule has 1 aliphatic heterocycles. The molecule has 1 amide bonds. The van der Waals surface area contributed by atoms with Crippen molar-refractivity contribution in [3.8, 4) is 0 Å². The first-order valence-corrected chi connectivity index (χ1v) is 12.2. The summed E-state index contributed by atoms with van der Waals surface area (Å²) in [7, 11) is 0. The molecule has 0 radical (unpaired) electrons. The quantitative estimate of drug-likeness (QED) is 0.261. The summed E-state index contributed by atoms with van der Waals surface area (Å²) in [6.07, 6.45) is 2.76. The summed E-state index contributed by atoms with van der Waals surface area (Å²) in [5.41, 5.74) is 9.78. The maximum absolute atomic E-state index is 13.8. The van der Waals surface area contributed by atoms with Crippen molar-refractivity contribution >= 4 is 46.6 Å². The predicted molar refractivity (Wildman–Crippen MR) is 144 cm³/mol. The third kappa shape index (κ3) is 5.74. The lowest BCUT2D eigenvalue weighted by Gasteiger charge is -2.19. The third-order valence-corrected chi connectivity index (χ3v) is 6.33. The summed E-state index contributed by atoms with van der Waals surface area (Å²) in [6.45, 7) is 4.49. The molecule has 0 spiro atoms. The standard InChI is InChI=1S/C29H26ClFN2O4/c1-3-23(24-12-11-22(31)16-25(24)30)28(19-8-5-18(6-9-19)7-14-27(34)35)20-10-13-26-21(15-20)17-32-33(26)29(36)37-4-2/h5-16,32H,3-4,17H2,1-2H3,(H,34,35)/b14-7+,28-23+. The fourth-order valence-corrected chi connectivity index (χ4v) is 4.66. The highest BCUT2D eigenvalue weighted by Crippen LogP contribution is 2.39. The van der Waals surface area contributed by atoms with Crippen LogP contribution in [-0.2, 0) is 16.1 Å². The number of aliphatic carboxylic acids is 1. The molecule has 190 valence electrons. The van der Waals surface area contributed by atoms with E-state index >= 15 is 0 Å². The Morgan fingerprint density at radius 3 is 2.46 bits per heavy atom. The second-order valence-corrected chi connectivity index (χ2v) is 8.74. The van der Waals surface area contributed by atoms with Gasteiger partial charge in [0.25, 0.3) is 0 Å². The van der Waals surface area contributed by atoms with Crippen LogP contribution in [0.3, 0.4) is 0 Å². The van der Waals surface area contributed by atoms with Gasteiger partial charge in [0.15, 0.2) is 0 Å². The lowest BCUT2D eigenvalue weighted by molar-refractivity contribution is -0.131. The van der Waals surface area contributed by atoms with Crippen LogP contribution < -0.4 is 10.4 Å². The minimum Gasteiger partial charge on any atom is -0.478 e. The molecule has 1 heterocycles. The van der Waals surface area contributed by atoms with Crippen LogP contribution in [0, 0.1) is 5.82 Å². The fourth-order valence-electron chi connectivity index (χ4n) is 4.38. The number of carboxylic acid groups (broad SMARTS) is 1. The van der Waals surface area contributed by atoms with E-state index in [2.05, 4.69) is 5.43 Å². The summed E-state index contributed by atoms with van der Waals surface area (Å²) in [6, 6.07) is 17.7. The van der Waals surface area contributed by atoms with Crippen molar-refractivity contribution in [2.45, 2.75) is 26.8 Å². The van der Waals surface area contributed by atoms with E-state index in [4.69, 9.17) is 21.4 Å². The highest BCUT2D eigenvalue weighted by atomic mass is 35.5. The van der Waals surface area contributed by atoms with Gasteiger partial charge in [-0.15, -0.1) is 0 Å².